The fourth-order valence-corrected chi connectivity index (χ4v) is 2.89. The fourth-order valence-electron chi connectivity index (χ4n) is 1.72. The Bertz CT molecular complexity index is 604. The molecule has 0 heterocycles. The van der Waals surface area contributed by atoms with Crippen molar-refractivity contribution in [2.45, 2.75) is 13.5 Å². The van der Waals surface area contributed by atoms with E-state index in [1.807, 2.05) is 30.3 Å². The molecule has 0 atom stereocenters. The van der Waals surface area contributed by atoms with Crippen LogP contribution in [0.25, 0.3) is 0 Å². The van der Waals surface area contributed by atoms with Gasteiger partial charge >= 0.3 is 0 Å². The third-order valence-electron chi connectivity index (χ3n) is 2.70. The number of benzene rings is 2. The molecule has 0 spiro atoms. The lowest BCUT2D eigenvalue weighted by molar-refractivity contribution is 0.470. The Balaban J connectivity index is 2.27. The third-order valence-corrected chi connectivity index (χ3v) is 4.05. The molecule has 0 bridgehead atoms. The van der Waals surface area contributed by atoms with Crippen LogP contribution < -0.4 is 10.1 Å². The van der Waals surface area contributed by atoms with Crippen molar-refractivity contribution in [1.82, 2.24) is 5.32 Å². The monoisotopic (exact) mass is 417 g/mol. The van der Waals surface area contributed by atoms with Crippen molar-refractivity contribution in [2.24, 2.45) is 0 Å². The van der Waals surface area contributed by atoms with Gasteiger partial charge in [0.05, 0.1) is 4.47 Å². The molecule has 5 heteroatoms. The highest BCUT2D eigenvalue weighted by atomic mass is 79.9. The zero-order valence-corrected chi connectivity index (χ0v) is 14.8. The molecule has 0 aliphatic rings. The van der Waals surface area contributed by atoms with Crippen LogP contribution in [0.4, 0.5) is 0 Å². The van der Waals surface area contributed by atoms with Gasteiger partial charge in [-0.15, -0.1) is 0 Å². The maximum Gasteiger partial charge on any atom is 0.141 e. The van der Waals surface area contributed by atoms with Gasteiger partial charge in [-0.05, 0) is 58.9 Å². The van der Waals surface area contributed by atoms with Crippen LogP contribution in [0, 0.1) is 0 Å². The summed E-state index contributed by atoms with van der Waals surface area (Å²) in [6, 6.07) is 11.5. The number of hydrogen-bond donors (Lipinski definition) is 1. The van der Waals surface area contributed by atoms with Crippen molar-refractivity contribution in [2.75, 3.05) is 6.54 Å². The molecular weight excluding hydrogens is 405 g/mol. The number of nitrogens with one attached hydrogen (secondary N) is 1. The Morgan fingerprint density at radius 1 is 1.10 bits per heavy atom. The molecule has 2 aromatic rings. The highest BCUT2D eigenvalue weighted by Crippen LogP contribution is 2.34. The molecule has 106 valence electrons. The normalized spacial score (nSPS) is 10.6. The summed E-state index contributed by atoms with van der Waals surface area (Å²) in [6.45, 7) is 3.75. The van der Waals surface area contributed by atoms with Crippen molar-refractivity contribution in [3.8, 4) is 11.5 Å². The van der Waals surface area contributed by atoms with E-state index >= 15 is 0 Å². The topological polar surface area (TPSA) is 21.3 Å². The van der Waals surface area contributed by atoms with E-state index in [4.69, 9.17) is 16.3 Å². The van der Waals surface area contributed by atoms with Gasteiger partial charge in [0.15, 0.2) is 0 Å². The van der Waals surface area contributed by atoms with Crippen LogP contribution in [0.15, 0.2) is 45.3 Å². The molecule has 20 heavy (non-hydrogen) atoms. The van der Waals surface area contributed by atoms with Gasteiger partial charge in [-0.1, -0.05) is 34.5 Å². The van der Waals surface area contributed by atoms with E-state index in [1.54, 1.807) is 0 Å². The number of halogens is 3. The van der Waals surface area contributed by atoms with Gasteiger partial charge in [-0.3, -0.25) is 0 Å². The fraction of sp³-hybridized carbons (Fsp3) is 0.200. The van der Waals surface area contributed by atoms with Gasteiger partial charge < -0.3 is 10.1 Å². The van der Waals surface area contributed by atoms with Crippen LogP contribution in [0.5, 0.6) is 11.5 Å². The molecule has 0 saturated carbocycles. The second-order valence-corrected chi connectivity index (χ2v) is 6.42. The molecule has 0 saturated heterocycles. The zero-order chi connectivity index (χ0) is 14.5. The van der Waals surface area contributed by atoms with Crippen LogP contribution in [0.3, 0.4) is 0 Å². The quantitative estimate of drug-likeness (QED) is 0.665. The molecule has 0 fully saturated rings. The van der Waals surface area contributed by atoms with Crippen molar-refractivity contribution in [3.63, 3.8) is 0 Å². The van der Waals surface area contributed by atoms with Crippen molar-refractivity contribution in [3.05, 3.63) is 55.9 Å². The highest BCUT2D eigenvalue weighted by molar-refractivity contribution is 9.10. The van der Waals surface area contributed by atoms with E-state index in [9.17, 15) is 0 Å². The van der Waals surface area contributed by atoms with Gasteiger partial charge in [-0.25, -0.2) is 0 Å². The molecule has 2 rings (SSSR count). The molecule has 2 nitrogen and oxygen atoms in total. The Labute approximate surface area is 140 Å². The van der Waals surface area contributed by atoms with Gasteiger partial charge in [0.2, 0.25) is 0 Å². The molecule has 0 aromatic heterocycles. The minimum Gasteiger partial charge on any atom is -0.456 e. The Morgan fingerprint density at radius 2 is 1.85 bits per heavy atom. The second kappa shape index (κ2) is 7.46. The zero-order valence-electron chi connectivity index (χ0n) is 10.9. The summed E-state index contributed by atoms with van der Waals surface area (Å²) < 4.78 is 7.85. The number of rotatable bonds is 5. The predicted octanol–water partition coefficient (Wildman–Crippen LogP) is 5.77. The molecular formula is C15H14Br2ClNO. The number of ether oxygens (including phenoxy) is 1. The van der Waals surface area contributed by atoms with Crippen molar-refractivity contribution in [1.29, 1.82) is 0 Å². The molecule has 0 radical (unpaired) electrons. The predicted molar refractivity (Wildman–Crippen MR) is 90.7 cm³/mol. The minimum atomic E-state index is 0.674. The van der Waals surface area contributed by atoms with Crippen LogP contribution >= 0.6 is 43.5 Å². The van der Waals surface area contributed by atoms with Crippen LogP contribution in [0.2, 0.25) is 5.02 Å². The largest absolute Gasteiger partial charge is 0.456 e. The number of hydrogen-bond acceptors (Lipinski definition) is 2. The van der Waals surface area contributed by atoms with Gasteiger partial charge in [0.25, 0.3) is 0 Å². The first-order valence-electron chi connectivity index (χ1n) is 6.22. The van der Waals surface area contributed by atoms with Crippen LogP contribution in [-0.4, -0.2) is 6.54 Å². The van der Waals surface area contributed by atoms with Crippen molar-refractivity contribution < 1.29 is 4.74 Å². The SMILES string of the molecule is CCNCc1cc(Br)ccc1Oc1ccc(Cl)cc1Br. The summed E-state index contributed by atoms with van der Waals surface area (Å²) in [6.07, 6.45) is 0. The molecule has 1 N–H and O–H groups in total. The Kier molecular flexibility index (Phi) is 5.90. The average molecular weight is 420 g/mol. The summed E-state index contributed by atoms with van der Waals surface area (Å²) in [5.74, 6) is 1.58. The molecule has 0 amide bonds. The summed E-state index contributed by atoms with van der Waals surface area (Å²) in [4.78, 5) is 0. The molecule has 0 aliphatic carbocycles. The standard InChI is InChI=1S/C15H14Br2ClNO/c1-2-19-9-10-7-11(16)3-5-14(10)20-15-6-4-12(18)8-13(15)17/h3-8,19H,2,9H2,1H3. The van der Waals surface area contributed by atoms with Gasteiger partial charge in [-0.2, -0.15) is 0 Å². The van der Waals surface area contributed by atoms with E-state index in [1.165, 1.54) is 0 Å². The lowest BCUT2D eigenvalue weighted by atomic mass is 10.2. The van der Waals surface area contributed by atoms with Gasteiger partial charge in [0.1, 0.15) is 11.5 Å². The maximum absolute atomic E-state index is 5.98. The van der Waals surface area contributed by atoms with Crippen LogP contribution in [0.1, 0.15) is 12.5 Å². The summed E-state index contributed by atoms with van der Waals surface area (Å²) >= 11 is 12.9. The smallest absolute Gasteiger partial charge is 0.141 e. The van der Waals surface area contributed by atoms with E-state index in [0.717, 1.165) is 39.1 Å². The first kappa shape index (κ1) is 15.8. The van der Waals surface area contributed by atoms with Gasteiger partial charge in [0, 0.05) is 21.6 Å². The lowest BCUT2D eigenvalue weighted by Gasteiger charge is -2.13. The lowest BCUT2D eigenvalue weighted by Crippen LogP contribution is -2.12. The van der Waals surface area contributed by atoms with E-state index in [0.29, 0.717) is 5.02 Å². The van der Waals surface area contributed by atoms with E-state index < -0.39 is 0 Å². The third kappa shape index (κ3) is 4.22. The second-order valence-electron chi connectivity index (χ2n) is 4.21. The first-order valence-corrected chi connectivity index (χ1v) is 8.18. The Hall–Kier alpha value is -0.550. The highest BCUT2D eigenvalue weighted by Gasteiger charge is 2.08. The van der Waals surface area contributed by atoms with Crippen LogP contribution in [-0.2, 0) is 6.54 Å². The first-order chi connectivity index (χ1) is 9.60. The summed E-state index contributed by atoms with van der Waals surface area (Å²) in [5, 5.41) is 3.98. The molecule has 0 unspecified atom stereocenters. The molecule has 2 aromatic carbocycles. The molecule has 0 aliphatic heterocycles. The maximum atomic E-state index is 5.98. The Morgan fingerprint density at radius 3 is 2.55 bits per heavy atom. The van der Waals surface area contributed by atoms with Crippen molar-refractivity contribution >= 4 is 43.5 Å². The summed E-state index contributed by atoms with van der Waals surface area (Å²) in [5.41, 5.74) is 1.10. The minimum absolute atomic E-state index is 0.674. The average Bonchev–Trinajstić information content (AvgIpc) is 2.41. The summed E-state index contributed by atoms with van der Waals surface area (Å²) in [7, 11) is 0. The van der Waals surface area contributed by atoms with E-state index in [2.05, 4.69) is 50.2 Å². The van der Waals surface area contributed by atoms with E-state index in [-0.39, 0.29) is 0 Å².